The highest BCUT2D eigenvalue weighted by molar-refractivity contribution is 6.19. The zero-order valence-corrected chi connectivity index (χ0v) is 20.1. The Balaban J connectivity index is 1.71. The van der Waals surface area contributed by atoms with Gasteiger partial charge < -0.3 is 10.2 Å². The number of allylic oxidation sites excluding steroid dienone is 1. The maximum absolute atomic E-state index is 14.5. The first-order valence-corrected chi connectivity index (χ1v) is 11.5. The molecule has 1 saturated heterocycles. The molecule has 1 fully saturated rings. The van der Waals surface area contributed by atoms with Crippen molar-refractivity contribution in [3.8, 4) is 0 Å². The van der Waals surface area contributed by atoms with Gasteiger partial charge in [0, 0.05) is 25.2 Å². The Morgan fingerprint density at radius 1 is 1.05 bits per heavy atom. The minimum atomic E-state index is -5.03. The van der Waals surface area contributed by atoms with E-state index in [2.05, 4.69) is 0 Å². The number of benzene rings is 2. The number of rotatable bonds is 5. The van der Waals surface area contributed by atoms with Gasteiger partial charge in [-0.3, -0.25) is 9.59 Å². The Bertz CT molecular complexity index is 1190. The van der Waals surface area contributed by atoms with Crippen LogP contribution in [0.2, 0.25) is 0 Å². The van der Waals surface area contributed by atoms with Crippen molar-refractivity contribution in [2.45, 2.75) is 51.5 Å². The highest BCUT2D eigenvalue weighted by atomic mass is 19.4. The van der Waals surface area contributed by atoms with E-state index in [9.17, 15) is 40.3 Å². The molecule has 2 aromatic rings. The average Bonchev–Trinajstić information content (AvgIpc) is 2.83. The summed E-state index contributed by atoms with van der Waals surface area (Å²) in [5.74, 6) is -3.41. The molecule has 37 heavy (non-hydrogen) atoms. The summed E-state index contributed by atoms with van der Waals surface area (Å²) >= 11 is 0. The lowest BCUT2D eigenvalue weighted by molar-refractivity contribution is -0.173. The highest BCUT2D eigenvalue weighted by Crippen LogP contribution is 2.36. The smallest absolute Gasteiger partial charge is 0.344 e. The van der Waals surface area contributed by atoms with Gasteiger partial charge in [0.25, 0.3) is 5.91 Å². The third-order valence-electron chi connectivity index (χ3n) is 6.44. The van der Waals surface area contributed by atoms with E-state index < -0.39 is 42.1 Å². The molecule has 4 nitrogen and oxygen atoms in total. The number of halogens is 7. The first kappa shape index (κ1) is 28.2. The normalized spacial score (nSPS) is 15.6. The van der Waals surface area contributed by atoms with E-state index in [0.29, 0.717) is 18.4 Å². The van der Waals surface area contributed by atoms with Gasteiger partial charge in [0.1, 0.15) is 5.82 Å². The van der Waals surface area contributed by atoms with Crippen molar-refractivity contribution in [2.75, 3.05) is 13.1 Å². The van der Waals surface area contributed by atoms with Crippen LogP contribution in [0.25, 0.3) is 5.57 Å². The monoisotopic (exact) mass is 530 g/mol. The fourth-order valence-corrected chi connectivity index (χ4v) is 4.49. The van der Waals surface area contributed by atoms with Crippen molar-refractivity contribution >= 4 is 17.4 Å². The molecule has 0 bridgehead atoms. The molecule has 1 heterocycles. The second-order valence-corrected chi connectivity index (χ2v) is 8.78. The molecule has 0 atom stereocenters. The number of alkyl halides is 6. The van der Waals surface area contributed by atoms with Crippen LogP contribution in [0.4, 0.5) is 30.7 Å². The van der Waals surface area contributed by atoms with Crippen LogP contribution in [0.3, 0.4) is 0 Å². The molecule has 200 valence electrons. The van der Waals surface area contributed by atoms with Crippen LogP contribution in [-0.2, 0) is 22.3 Å². The summed E-state index contributed by atoms with van der Waals surface area (Å²) in [5, 5.41) is 1.75. The number of carbonyl (C=O) groups is 2. The van der Waals surface area contributed by atoms with Crippen molar-refractivity contribution in [2.24, 2.45) is 0 Å². The molecule has 0 aliphatic carbocycles. The predicted octanol–water partition coefficient (Wildman–Crippen LogP) is 6.14. The van der Waals surface area contributed by atoms with Gasteiger partial charge in [-0.05, 0) is 67.0 Å². The van der Waals surface area contributed by atoms with Crippen molar-refractivity contribution in [1.29, 1.82) is 0 Å². The molecule has 0 aromatic heterocycles. The molecule has 0 saturated carbocycles. The largest absolute Gasteiger partial charge is 0.471 e. The SMILES string of the molecule is C/C=C(/C(=O)N1CCC(c2cc(CNC(=O)C(F)(F)F)ccc2F)CC1)c1cccc(C(F)(F)F)c1C. The Labute approximate surface area is 209 Å². The summed E-state index contributed by atoms with van der Waals surface area (Å²) in [6.45, 7) is 2.89. The topological polar surface area (TPSA) is 49.4 Å². The summed E-state index contributed by atoms with van der Waals surface area (Å²) in [7, 11) is 0. The van der Waals surface area contributed by atoms with E-state index in [1.807, 2.05) is 0 Å². The highest BCUT2D eigenvalue weighted by Gasteiger charge is 2.38. The van der Waals surface area contributed by atoms with E-state index in [4.69, 9.17) is 0 Å². The number of nitrogens with zero attached hydrogens (tertiary/aromatic N) is 1. The number of carbonyl (C=O) groups excluding carboxylic acids is 2. The number of nitrogens with one attached hydrogen (secondary N) is 1. The third kappa shape index (κ3) is 6.50. The standard InChI is InChI=1S/C26H25F7N2O2/c1-3-18(19-5-4-6-21(15(19)2)25(28,29)30)23(36)35-11-9-17(10-12-35)20-13-16(7-8-22(20)27)14-34-24(37)26(31,32)33/h3-8,13,17H,9-12,14H2,1-2H3,(H,34,37)/b18-3+. The van der Waals surface area contributed by atoms with Crippen LogP contribution in [-0.4, -0.2) is 36.0 Å². The molecule has 2 amide bonds. The maximum atomic E-state index is 14.5. The number of hydrogen-bond donors (Lipinski definition) is 1. The first-order valence-electron chi connectivity index (χ1n) is 11.5. The predicted molar refractivity (Wildman–Crippen MR) is 123 cm³/mol. The lowest BCUT2D eigenvalue weighted by Gasteiger charge is -2.33. The lowest BCUT2D eigenvalue weighted by Crippen LogP contribution is -2.38. The summed E-state index contributed by atoms with van der Waals surface area (Å²) in [4.78, 5) is 25.8. The van der Waals surface area contributed by atoms with Gasteiger partial charge in [-0.25, -0.2) is 4.39 Å². The van der Waals surface area contributed by atoms with Gasteiger partial charge in [-0.15, -0.1) is 0 Å². The molecule has 3 rings (SSSR count). The van der Waals surface area contributed by atoms with E-state index in [1.165, 1.54) is 42.2 Å². The van der Waals surface area contributed by atoms with Gasteiger partial charge in [-0.2, -0.15) is 26.3 Å². The first-order chi connectivity index (χ1) is 17.2. The molecular weight excluding hydrogens is 505 g/mol. The average molecular weight is 530 g/mol. The minimum absolute atomic E-state index is 0.0529. The molecule has 0 spiro atoms. The van der Waals surface area contributed by atoms with Crippen LogP contribution in [0.15, 0.2) is 42.5 Å². The maximum Gasteiger partial charge on any atom is 0.471 e. The van der Waals surface area contributed by atoms with Crippen LogP contribution in [0.5, 0.6) is 0 Å². The minimum Gasteiger partial charge on any atom is -0.344 e. The van der Waals surface area contributed by atoms with Gasteiger partial charge in [0.2, 0.25) is 0 Å². The van der Waals surface area contributed by atoms with Crippen LogP contribution in [0.1, 0.15) is 53.5 Å². The van der Waals surface area contributed by atoms with Crippen molar-refractivity contribution in [3.63, 3.8) is 0 Å². The van der Waals surface area contributed by atoms with Gasteiger partial charge in [-0.1, -0.05) is 30.3 Å². The quantitative estimate of drug-likeness (QED) is 0.373. The van der Waals surface area contributed by atoms with E-state index in [1.54, 1.807) is 12.2 Å². The summed E-state index contributed by atoms with van der Waals surface area (Å²) in [6, 6.07) is 7.47. The molecule has 11 heteroatoms. The summed E-state index contributed by atoms with van der Waals surface area (Å²) < 4.78 is 91.8. The zero-order chi connectivity index (χ0) is 27.5. The molecule has 1 N–H and O–H groups in total. The Morgan fingerprint density at radius 2 is 1.70 bits per heavy atom. The van der Waals surface area contributed by atoms with E-state index >= 15 is 0 Å². The fraction of sp³-hybridized carbons (Fsp3) is 0.385. The van der Waals surface area contributed by atoms with Crippen LogP contribution >= 0.6 is 0 Å². The molecule has 0 radical (unpaired) electrons. The second kappa shape index (κ2) is 10.9. The Kier molecular flexibility index (Phi) is 8.34. The van der Waals surface area contributed by atoms with E-state index in [-0.39, 0.29) is 41.3 Å². The number of amides is 2. The lowest BCUT2D eigenvalue weighted by atomic mass is 9.87. The zero-order valence-electron chi connectivity index (χ0n) is 20.1. The summed E-state index contributed by atoms with van der Waals surface area (Å²) in [6.07, 6.45) is -7.43. The number of piperidine rings is 1. The van der Waals surface area contributed by atoms with Gasteiger partial charge in [0.05, 0.1) is 5.56 Å². The Morgan fingerprint density at radius 3 is 2.27 bits per heavy atom. The van der Waals surface area contributed by atoms with Gasteiger partial charge in [0.15, 0.2) is 0 Å². The second-order valence-electron chi connectivity index (χ2n) is 8.78. The third-order valence-corrected chi connectivity index (χ3v) is 6.44. The van der Waals surface area contributed by atoms with Gasteiger partial charge >= 0.3 is 18.3 Å². The molecular formula is C26H25F7N2O2. The van der Waals surface area contributed by atoms with Crippen LogP contribution in [0, 0.1) is 12.7 Å². The molecule has 0 unspecified atom stereocenters. The Hall–Kier alpha value is -3.37. The van der Waals surface area contributed by atoms with Crippen molar-refractivity contribution in [1.82, 2.24) is 10.2 Å². The molecule has 1 aliphatic rings. The fourth-order valence-electron chi connectivity index (χ4n) is 4.49. The summed E-state index contributed by atoms with van der Waals surface area (Å²) in [5.41, 5.74) is 0.00905. The number of hydrogen-bond acceptors (Lipinski definition) is 2. The molecule has 2 aromatic carbocycles. The van der Waals surface area contributed by atoms with Crippen molar-refractivity contribution < 1.29 is 40.3 Å². The number of likely N-dealkylation sites (tertiary alicyclic amines) is 1. The van der Waals surface area contributed by atoms with Crippen molar-refractivity contribution in [3.05, 3.63) is 76.1 Å². The molecule has 1 aliphatic heterocycles. The van der Waals surface area contributed by atoms with E-state index in [0.717, 1.165) is 12.1 Å². The van der Waals surface area contributed by atoms with Crippen LogP contribution < -0.4 is 5.32 Å².